The van der Waals surface area contributed by atoms with Crippen LogP contribution in [0.2, 0.25) is 0 Å². The van der Waals surface area contributed by atoms with Gasteiger partial charge in [-0.3, -0.25) is 5.32 Å². The minimum Gasteiger partial charge on any atom is -0.453 e. The first-order valence-corrected chi connectivity index (χ1v) is 27.5. The number of aryl methyl sites for hydroxylation is 2. The third-order valence-electron chi connectivity index (χ3n) is 12.4. The fourth-order valence-electron chi connectivity index (χ4n) is 8.85. The molecule has 0 atom stereocenters. The number of fused-ring (bicyclic) bond motifs is 6. The number of likely N-dealkylation sites (N-methyl/N-ethyl adjacent to an activating group) is 2. The van der Waals surface area contributed by atoms with Crippen molar-refractivity contribution >= 4 is 65.9 Å². The lowest BCUT2D eigenvalue weighted by atomic mass is 9.98. The Morgan fingerprint density at radius 3 is 1.30 bits per heavy atom. The van der Waals surface area contributed by atoms with Gasteiger partial charge in [0.05, 0.1) is 12.5 Å². The molecule has 0 spiro atoms. The molecule has 6 aromatic rings. The highest BCUT2D eigenvalue weighted by atomic mass is 35.5. The van der Waals surface area contributed by atoms with Gasteiger partial charge >= 0.3 is 11.5 Å². The molecule has 0 saturated heterocycles. The lowest BCUT2D eigenvalue weighted by molar-refractivity contribution is 0.158. The maximum atomic E-state index is 12.6. The molecule has 0 aliphatic heterocycles. The molecule has 6 aromatic carbocycles. The first-order valence-electron chi connectivity index (χ1n) is 23.4. The Morgan fingerprint density at radius 1 is 0.575 bits per heavy atom. The number of sulfonamides is 2. The van der Waals surface area contributed by atoms with E-state index in [4.69, 9.17) is 26.8 Å². The number of halogens is 1. The van der Waals surface area contributed by atoms with Gasteiger partial charge in [0.2, 0.25) is 20.0 Å². The number of carbonyl (C=O) groups excluding carboxylic acids is 2. The van der Waals surface area contributed by atoms with Crippen LogP contribution in [0.15, 0.2) is 133 Å². The highest BCUT2D eigenvalue weighted by molar-refractivity contribution is 7.89. The predicted octanol–water partition coefficient (Wildman–Crippen LogP) is 11.1. The summed E-state index contributed by atoms with van der Waals surface area (Å²) < 4.78 is 60.2. The van der Waals surface area contributed by atoms with E-state index in [1.54, 1.807) is 0 Å². The van der Waals surface area contributed by atoms with Gasteiger partial charge in [0.15, 0.2) is 0 Å². The SMILES string of the molecule is C.C.CCN(CCNS(C)(=O)=O)c1ccc(N)c(C)c1.CCN(CCNS(C)(=O)=O)c1ccc(NC(=O)OCC2c3ccccc3-c3ccccc32)c(C)c1.O=C(Cl)OCC1c2ccccc2-c2ccccc21. The van der Waals surface area contributed by atoms with Crippen molar-refractivity contribution in [1.29, 1.82) is 0 Å². The molecule has 1 amide bonds. The first kappa shape index (κ1) is 59.1. The Morgan fingerprint density at radius 2 is 0.945 bits per heavy atom. The third-order valence-corrected chi connectivity index (χ3v) is 13.9. The van der Waals surface area contributed by atoms with E-state index in [1.807, 2.05) is 113 Å². The van der Waals surface area contributed by atoms with Gasteiger partial charge in [-0.15, -0.1) is 0 Å². The fourth-order valence-corrected chi connectivity index (χ4v) is 9.83. The van der Waals surface area contributed by atoms with Gasteiger partial charge in [0.25, 0.3) is 0 Å². The van der Waals surface area contributed by atoms with Crippen molar-refractivity contribution in [1.82, 2.24) is 9.44 Å². The van der Waals surface area contributed by atoms with Crippen LogP contribution in [0.25, 0.3) is 22.3 Å². The van der Waals surface area contributed by atoms with E-state index < -0.39 is 31.6 Å². The van der Waals surface area contributed by atoms with Crippen LogP contribution in [0.5, 0.6) is 0 Å². The van der Waals surface area contributed by atoms with Crippen LogP contribution >= 0.6 is 11.6 Å². The van der Waals surface area contributed by atoms with Crippen molar-refractivity contribution in [3.8, 4) is 22.3 Å². The molecule has 0 fully saturated rings. The molecule has 0 unspecified atom stereocenters. The number of anilines is 4. The topological polar surface area (TPSA) is 189 Å². The quantitative estimate of drug-likeness (QED) is 0.0502. The second kappa shape index (κ2) is 27.0. The number of rotatable bonds is 17. The molecule has 2 aliphatic rings. The average Bonchev–Trinajstić information content (AvgIpc) is 3.84. The van der Waals surface area contributed by atoms with Crippen molar-refractivity contribution in [3.63, 3.8) is 0 Å². The number of nitrogens with one attached hydrogen (secondary N) is 3. The summed E-state index contributed by atoms with van der Waals surface area (Å²) in [7, 11) is -6.34. The van der Waals surface area contributed by atoms with E-state index in [-0.39, 0.29) is 39.9 Å². The Balaban J connectivity index is 0.000000257. The summed E-state index contributed by atoms with van der Waals surface area (Å²) in [4.78, 5) is 27.6. The number of ether oxygens (including phenoxy) is 2. The molecule has 14 nitrogen and oxygen atoms in total. The standard InChI is InChI=1S/C27H31N3O4S.C15H11ClO2.C12H21N3O2S.2CH4/c1-4-30(16-15-28-35(3,32)33)20-13-14-26(19(2)17-20)29-27(31)34-18-25-23-11-7-5-9-21(23)22-10-6-8-12-24(22)25;16-15(17)18-9-14-12-7-3-1-5-10(12)11-6-2-4-8-13(11)14;1-4-15(8-7-14-18(3,16)17)11-5-6-12(13)10(2)9-11;;/h5-14,17,25,28H,4,15-16,18H2,1-3H3,(H,29,31);1-8,14H,9H2;5-6,9,14H,4,7-8,13H2,1-3H3;2*1H4. The van der Waals surface area contributed by atoms with Crippen LogP contribution in [-0.2, 0) is 29.5 Å². The summed E-state index contributed by atoms with van der Waals surface area (Å²) in [5, 5.41) is 2.86. The Hall–Kier alpha value is -6.43. The molecule has 17 heteroatoms. The number of nitrogen functional groups attached to an aromatic ring is 1. The summed E-state index contributed by atoms with van der Waals surface area (Å²) in [5.41, 5.74) is 19.9. The van der Waals surface area contributed by atoms with Crippen molar-refractivity contribution < 1.29 is 35.9 Å². The maximum Gasteiger partial charge on any atom is 0.411 e. The zero-order valence-electron chi connectivity index (χ0n) is 40.9. The minimum absolute atomic E-state index is 0. The monoisotopic (exact) mass is 1050 g/mol. The molecule has 8 rings (SSSR count). The third kappa shape index (κ3) is 16.3. The van der Waals surface area contributed by atoms with Gasteiger partial charge in [-0.25, -0.2) is 35.9 Å². The summed E-state index contributed by atoms with van der Waals surface area (Å²) in [6, 6.07) is 44.4. The zero-order chi connectivity index (χ0) is 51.3. The number of amides is 1. The van der Waals surface area contributed by atoms with E-state index in [9.17, 15) is 26.4 Å². The normalized spacial score (nSPS) is 12.1. The van der Waals surface area contributed by atoms with Gasteiger partial charge in [-0.2, -0.15) is 0 Å². The summed E-state index contributed by atoms with van der Waals surface area (Å²) in [5.74, 6) is 0.0929. The van der Waals surface area contributed by atoms with Gasteiger partial charge in [-0.1, -0.05) is 112 Å². The molecular weight excluding hydrogens is 984 g/mol. The van der Waals surface area contributed by atoms with E-state index in [2.05, 4.69) is 73.1 Å². The van der Waals surface area contributed by atoms with Crippen LogP contribution < -0.4 is 30.3 Å². The Kier molecular flexibility index (Phi) is 21.9. The molecule has 0 aromatic heterocycles. The van der Waals surface area contributed by atoms with Crippen LogP contribution in [0, 0.1) is 13.8 Å². The Bertz CT molecular complexity index is 2960. The number of nitrogens with two attached hydrogens (primary N) is 1. The molecule has 0 radical (unpaired) electrons. The number of nitrogens with zero attached hydrogens (tertiary/aromatic N) is 2. The second-order valence-corrected chi connectivity index (χ2v) is 21.2. The fraction of sp³-hybridized carbons (Fsp3) is 0.321. The van der Waals surface area contributed by atoms with Gasteiger partial charge < -0.3 is 25.0 Å². The number of carbonyl (C=O) groups is 2. The van der Waals surface area contributed by atoms with Gasteiger partial charge in [-0.05, 0) is 120 Å². The summed E-state index contributed by atoms with van der Waals surface area (Å²) >= 11 is 5.25. The molecule has 5 N–H and O–H groups in total. The Labute approximate surface area is 438 Å². The van der Waals surface area contributed by atoms with Crippen LogP contribution in [0.3, 0.4) is 0 Å². The lowest BCUT2D eigenvalue weighted by Crippen LogP contribution is -2.34. The van der Waals surface area contributed by atoms with E-state index in [1.165, 1.54) is 44.5 Å². The minimum atomic E-state index is -3.22. The van der Waals surface area contributed by atoms with Crippen LogP contribution in [0.1, 0.15) is 73.9 Å². The largest absolute Gasteiger partial charge is 0.453 e. The summed E-state index contributed by atoms with van der Waals surface area (Å²) in [6.45, 7) is 11.9. The van der Waals surface area contributed by atoms with E-state index in [0.717, 1.165) is 53.8 Å². The zero-order valence-corrected chi connectivity index (χ0v) is 43.3. The smallest absolute Gasteiger partial charge is 0.411 e. The van der Waals surface area contributed by atoms with Crippen LogP contribution in [0.4, 0.5) is 32.3 Å². The van der Waals surface area contributed by atoms with Gasteiger partial charge in [0, 0.05) is 85.5 Å². The van der Waals surface area contributed by atoms with E-state index in [0.29, 0.717) is 31.9 Å². The van der Waals surface area contributed by atoms with E-state index >= 15 is 0 Å². The first-order chi connectivity index (χ1) is 33.9. The second-order valence-electron chi connectivity index (χ2n) is 17.3. The molecule has 0 heterocycles. The van der Waals surface area contributed by atoms with Crippen molar-refractivity contribution in [2.75, 3.05) is 85.8 Å². The molecule has 0 bridgehead atoms. The van der Waals surface area contributed by atoms with Crippen molar-refractivity contribution in [3.05, 3.63) is 167 Å². The van der Waals surface area contributed by atoms with Gasteiger partial charge in [0.1, 0.15) is 13.2 Å². The number of hydrogen-bond donors (Lipinski definition) is 4. The number of benzene rings is 6. The molecule has 2 aliphatic carbocycles. The van der Waals surface area contributed by atoms with Crippen molar-refractivity contribution in [2.24, 2.45) is 0 Å². The maximum absolute atomic E-state index is 12.6. The molecule has 392 valence electrons. The van der Waals surface area contributed by atoms with Crippen molar-refractivity contribution in [2.45, 2.75) is 54.4 Å². The lowest BCUT2D eigenvalue weighted by Gasteiger charge is -2.24. The molecule has 73 heavy (non-hydrogen) atoms. The number of hydrogen-bond acceptors (Lipinski definition) is 11. The summed E-state index contributed by atoms with van der Waals surface area (Å²) in [6.07, 6.45) is 1.82. The predicted molar refractivity (Wildman–Crippen MR) is 301 cm³/mol. The highest BCUT2D eigenvalue weighted by Gasteiger charge is 2.30. The highest BCUT2D eigenvalue weighted by Crippen LogP contribution is 2.46. The van der Waals surface area contributed by atoms with Crippen LogP contribution in [-0.4, -0.2) is 93.4 Å². The molecule has 0 saturated carbocycles. The average molecular weight is 1060 g/mol. The molecular formula is C56H71ClN6O8S2.